The Labute approximate surface area is 200 Å². The van der Waals surface area contributed by atoms with Gasteiger partial charge in [-0.15, -0.1) is 0 Å². The molecule has 3 unspecified atom stereocenters. The number of anilines is 1. The SMILES string of the molecule is COC1CC/C=C(\C)C(OC(N)=O)C(OC)CC/C=C/C(=O)Nc2cc(O)cc(c2O)CCC1. The van der Waals surface area contributed by atoms with E-state index in [-0.39, 0.29) is 23.3 Å². The molecule has 2 bridgehead atoms. The number of hydrogen-bond donors (Lipinski definition) is 4. The summed E-state index contributed by atoms with van der Waals surface area (Å²) in [4.78, 5) is 23.8. The summed E-state index contributed by atoms with van der Waals surface area (Å²) < 4.78 is 16.5. The van der Waals surface area contributed by atoms with Crippen molar-refractivity contribution in [3.63, 3.8) is 0 Å². The van der Waals surface area contributed by atoms with Crippen molar-refractivity contribution in [3.05, 3.63) is 41.5 Å². The third-order valence-corrected chi connectivity index (χ3v) is 5.91. The second-order valence-electron chi connectivity index (χ2n) is 8.38. The molecule has 1 aliphatic rings. The maximum absolute atomic E-state index is 12.4. The molecular formula is C25H36N2O7. The van der Waals surface area contributed by atoms with E-state index in [1.165, 1.54) is 25.3 Å². The topological polar surface area (TPSA) is 140 Å². The van der Waals surface area contributed by atoms with E-state index in [2.05, 4.69) is 5.32 Å². The molecule has 9 heteroatoms. The van der Waals surface area contributed by atoms with Gasteiger partial charge in [0.1, 0.15) is 11.5 Å². The second-order valence-corrected chi connectivity index (χ2v) is 8.38. The Morgan fingerprint density at radius 2 is 1.88 bits per heavy atom. The standard InChI is InChI=1S/C25H36N2O7/c1-16-8-6-10-19(32-2)11-7-9-17-14-18(28)15-20(23(17)30)27-22(29)13-5-4-12-21(33-3)24(16)34-25(26)31/h5,8,13-15,19,21,24,28,30H,4,6-7,9-12H2,1-3H3,(H2,26,31)(H,27,29)/b13-5+,16-8+. The fourth-order valence-corrected chi connectivity index (χ4v) is 4.08. The first-order valence-electron chi connectivity index (χ1n) is 11.5. The number of carbonyl (C=O) groups excluding carboxylic acids is 2. The molecule has 3 atom stereocenters. The van der Waals surface area contributed by atoms with E-state index in [1.807, 2.05) is 13.0 Å². The lowest BCUT2D eigenvalue weighted by molar-refractivity contribution is -0.111. The lowest BCUT2D eigenvalue weighted by Gasteiger charge is -2.26. The largest absolute Gasteiger partial charge is 0.508 e. The summed E-state index contributed by atoms with van der Waals surface area (Å²) in [5.74, 6) is -0.541. The van der Waals surface area contributed by atoms with Gasteiger partial charge in [-0.3, -0.25) is 4.79 Å². The predicted octanol–water partition coefficient (Wildman–Crippen LogP) is 3.93. The number of carbonyl (C=O) groups is 2. The average Bonchev–Trinajstić information content (AvgIpc) is 2.78. The fraction of sp³-hybridized carbons (Fsp3) is 0.520. The van der Waals surface area contributed by atoms with E-state index in [0.717, 1.165) is 18.4 Å². The zero-order valence-corrected chi connectivity index (χ0v) is 20.1. The van der Waals surface area contributed by atoms with Crippen molar-refractivity contribution in [3.8, 4) is 11.5 Å². The summed E-state index contributed by atoms with van der Waals surface area (Å²) in [6.45, 7) is 1.87. The molecule has 0 radical (unpaired) electrons. The van der Waals surface area contributed by atoms with Crippen LogP contribution in [0, 0.1) is 0 Å². The molecule has 1 aliphatic heterocycles. The number of rotatable bonds is 3. The maximum Gasteiger partial charge on any atom is 0.405 e. The van der Waals surface area contributed by atoms with Crippen LogP contribution in [-0.2, 0) is 25.4 Å². The van der Waals surface area contributed by atoms with Gasteiger partial charge in [0.05, 0.1) is 17.9 Å². The Kier molecular flexibility index (Phi) is 10.9. The molecule has 1 aromatic carbocycles. The lowest BCUT2D eigenvalue weighted by atomic mass is 9.98. The minimum atomic E-state index is -0.882. The van der Waals surface area contributed by atoms with E-state index in [4.69, 9.17) is 19.9 Å². The van der Waals surface area contributed by atoms with Crippen LogP contribution in [0.2, 0.25) is 0 Å². The van der Waals surface area contributed by atoms with Crippen LogP contribution in [-0.4, -0.2) is 54.7 Å². The highest BCUT2D eigenvalue weighted by Crippen LogP contribution is 2.33. The Morgan fingerprint density at radius 3 is 2.56 bits per heavy atom. The number of benzene rings is 1. The van der Waals surface area contributed by atoms with E-state index >= 15 is 0 Å². The smallest absolute Gasteiger partial charge is 0.405 e. The molecular weight excluding hydrogens is 440 g/mol. The van der Waals surface area contributed by atoms with Gasteiger partial charge in [-0.2, -0.15) is 0 Å². The predicted molar refractivity (Wildman–Crippen MR) is 129 cm³/mol. The molecule has 1 heterocycles. The monoisotopic (exact) mass is 476 g/mol. The number of methoxy groups -OCH3 is 2. The van der Waals surface area contributed by atoms with Gasteiger partial charge in [-0.05, 0) is 75.1 Å². The Morgan fingerprint density at radius 1 is 1.12 bits per heavy atom. The van der Waals surface area contributed by atoms with Crippen LogP contribution in [0.5, 0.6) is 11.5 Å². The molecule has 0 spiro atoms. The quantitative estimate of drug-likeness (QED) is 0.294. The minimum absolute atomic E-state index is 0.0114. The van der Waals surface area contributed by atoms with Crippen molar-refractivity contribution in [2.45, 2.75) is 70.2 Å². The van der Waals surface area contributed by atoms with Gasteiger partial charge < -0.3 is 35.5 Å². The number of aromatic hydroxyl groups is 2. The third kappa shape index (κ3) is 8.39. The zero-order valence-electron chi connectivity index (χ0n) is 20.1. The second kappa shape index (κ2) is 13.6. The van der Waals surface area contributed by atoms with Gasteiger partial charge in [0, 0.05) is 20.3 Å². The molecule has 188 valence electrons. The van der Waals surface area contributed by atoms with Crippen LogP contribution in [0.4, 0.5) is 10.5 Å². The van der Waals surface area contributed by atoms with Crippen molar-refractivity contribution in [2.75, 3.05) is 19.5 Å². The number of primary amides is 1. The maximum atomic E-state index is 12.4. The van der Waals surface area contributed by atoms with Gasteiger partial charge in [-0.1, -0.05) is 12.2 Å². The number of allylic oxidation sites excluding steroid dienone is 2. The molecule has 0 saturated carbocycles. The van der Waals surface area contributed by atoms with Crippen molar-refractivity contribution in [1.82, 2.24) is 0 Å². The summed E-state index contributed by atoms with van der Waals surface area (Å²) in [5, 5.41) is 23.2. The first kappa shape index (κ1) is 27.2. The van der Waals surface area contributed by atoms with Crippen LogP contribution < -0.4 is 11.1 Å². The van der Waals surface area contributed by atoms with Crippen molar-refractivity contribution in [1.29, 1.82) is 0 Å². The molecule has 2 amide bonds. The third-order valence-electron chi connectivity index (χ3n) is 5.91. The number of nitrogens with one attached hydrogen (secondary N) is 1. The average molecular weight is 477 g/mol. The normalized spacial score (nSPS) is 25.6. The molecule has 34 heavy (non-hydrogen) atoms. The van der Waals surface area contributed by atoms with E-state index in [9.17, 15) is 19.8 Å². The van der Waals surface area contributed by atoms with Gasteiger partial charge in [0.2, 0.25) is 5.91 Å². The Bertz CT molecular complexity index is 897. The van der Waals surface area contributed by atoms with Crippen molar-refractivity contribution < 1.29 is 34.0 Å². The Hall–Kier alpha value is -3.04. The number of fused-ring (bicyclic) bond motifs is 2. The molecule has 2 rings (SSSR count). The van der Waals surface area contributed by atoms with Gasteiger partial charge >= 0.3 is 6.09 Å². The molecule has 9 nitrogen and oxygen atoms in total. The molecule has 0 aromatic heterocycles. The summed E-state index contributed by atoms with van der Waals surface area (Å²) in [6, 6.07) is 2.81. The molecule has 0 aliphatic carbocycles. The first-order valence-corrected chi connectivity index (χ1v) is 11.5. The highest BCUT2D eigenvalue weighted by molar-refractivity contribution is 6.00. The summed E-state index contributed by atoms with van der Waals surface area (Å²) >= 11 is 0. The van der Waals surface area contributed by atoms with Gasteiger partial charge in [0.15, 0.2) is 6.10 Å². The van der Waals surface area contributed by atoms with E-state index in [0.29, 0.717) is 37.7 Å². The fourth-order valence-electron chi connectivity index (χ4n) is 4.08. The molecule has 0 saturated heterocycles. The highest BCUT2D eigenvalue weighted by atomic mass is 16.6. The lowest BCUT2D eigenvalue weighted by Crippen LogP contribution is -2.35. The Balaban J connectivity index is 2.29. The van der Waals surface area contributed by atoms with Crippen molar-refractivity contribution >= 4 is 17.7 Å². The minimum Gasteiger partial charge on any atom is -0.508 e. The van der Waals surface area contributed by atoms with Crippen LogP contribution in [0.3, 0.4) is 0 Å². The summed E-state index contributed by atoms with van der Waals surface area (Å²) in [7, 11) is 3.19. The number of phenolic OH excluding ortho intramolecular Hbond substituents is 2. The van der Waals surface area contributed by atoms with E-state index in [1.54, 1.807) is 13.2 Å². The highest BCUT2D eigenvalue weighted by Gasteiger charge is 2.26. The summed E-state index contributed by atoms with van der Waals surface area (Å²) in [6.07, 6.45) is 7.40. The van der Waals surface area contributed by atoms with Gasteiger partial charge in [0.25, 0.3) is 0 Å². The van der Waals surface area contributed by atoms with Crippen LogP contribution in [0.1, 0.15) is 51.0 Å². The number of phenols is 2. The molecule has 0 fully saturated rings. The summed E-state index contributed by atoms with van der Waals surface area (Å²) in [5.41, 5.74) is 6.82. The molecule has 5 N–H and O–H groups in total. The number of hydrogen-bond acceptors (Lipinski definition) is 7. The molecule has 1 aromatic rings. The number of nitrogens with two attached hydrogens (primary N) is 1. The van der Waals surface area contributed by atoms with Crippen molar-refractivity contribution in [2.24, 2.45) is 5.73 Å². The number of aryl methyl sites for hydroxylation is 1. The number of ether oxygens (including phenoxy) is 3. The first-order chi connectivity index (χ1) is 16.2. The van der Waals surface area contributed by atoms with Crippen LogP contribution in [0.15, 0.2) is 35.9 Å². The van der Waals surface area contributed by atoms with E-state index < -0.39 is 24.2 Å². The zero-order chi connectivity index (χ0) is 25.1. The van der Waals surface area contributed by atoms with Crippen LogP contribution in [0.25, 0.3) is 0 Å². The van der Waals surface area contributed by atoms with Crippen LogP contribution >= 0.6 is 0 Å². The number of amides is 2. The van der Waals surface area contributed by atoms with Gasteiger partial charge in [-0.25, -0.2) is 4.79 Å².